The molecule has 4 nitrogen and oxygen atoms in total. The van der Waals surface area contributed by atoms with E-state index in [9.17, 15) is 18.0 Å². The first-order valence-electron chi connectivity index (χ1n) is 9.99. The van der Waals surface area contributed by atoms with E-state index in [0.717, 1.165) is 50.2 Å². The molecule has 0 radical (unpaired) electrons. The zero-order valence-electron chi connectivity index (χ0n) is 15.9. The van der Waals surface area contributed by atoms with Gasteiger partial charge in [0.05, 0.1) is 12.0 Å². The van der Waals surface area contributed by atoms with Crippen LogP contribution in [0.5, 0.6) is 0 Å². The summed E-state index contributed by atoms with van der Waals surface area (Å²) in [6.07, 6.45) is 0.762. The molecule has 8 heteroatoms. The second-order valence-electron chi connectivity index (χ2n) is 8.00. The third-order valence-corrected chi connectivity index (χ3v) is 6.25. The van der Waals surface area contributed by atoms with Gasteiger partial charge in [-0.1, -0.05) is 36.6 Å². The van der Waals surface area contributed by atoms with E-state index < -0.39 is 17.3 Å². The smallest absolute Gasteiger partial charge is 0.353 e. The predicted octanol–water partition coefficient (Wildman–Crippen LogP) is 5.06. The molecule has 0 spiro atoms. The number of nitrogens with one attached hydrogen (secondary N) is 1. The molecule has 1 amide bonds. The largest absolute Gasteiger partial charge is 0.435 e. The molecule has 1 N–H and O–H groups in total. The van der Waals surface area contributed by atoms with Crippen LogP contribution in [-0.4, -0.2) is 22.2 Å². The van der Waals surface area contributed by atoms with Crippen molar-refractivity contribution in [3.8, 4) is 0 Å². The minimum Gasteiger partial charge on any atom is -0.353 e. The lowest BCUT2D eigenvalue weighted by atomic mass is 9.78. The Kier molecular flexibility index (Phi) is 5.36. The van der Waals surface area contributed by atoms with Crippen molar-refractivity contribution in [3.05, 3.63) is 52.3 Å². The second kappa shape index (κ2) is 7.67. The Balaban J connectivity index is 1.45. The average molecular weight is 426 g/mol. The van der Waals surface area contributed by atoms with Gasteiger partial charge in [0.2, 0.25) is 5.91 Å². The van der Waals surface area contributed by atoms with Crippen molar-refractivity contribution in [2.45, 2.75) is 62.6 Å². The Morgan fingerprint density at radius 2 is 1.86 bits per heavy atom. The number of halogens is 4. The summed E-state index contributed by atoms with van der Waals surface area (Å²) in [6, 6.07) is 8.50. The maximum absolute atomic E-state index is 13.1. The summed E-state index contributed by atoms with van der Waals surface area (Å²) in [6.45, 7) is 0.469. The van der Waals surface area contributed by atoms with Crippen LogP contribution in [0.3, 0.4) is 0 Å². The molecule has 4 rings (SSSR count). The van der Waals surface area contributed by atoms with E-state index in [2.05, 4.69) is 10.4 Å². The van der Waals surface area contributed by atoms with E-state index in [0.29, 0.717) is 10.7 Å². The van der Waals surface area contributed by atoms with Gasteiger partial charge in [-0.05, 0) is 49.4 Å². The Morgan fingerprint density at radius 3 is 2.45 bits per heavy atom. The van der Waals surface area contributed by atoms with Crippen molar-refractivity contribution >= 4 is 17.5 Å². The van der Waals surface area contributed by atoms with E-state index in [4.69, 9.17) is 11.6 Å². The van der Waals surface area contributed by atoms with Crippen molar-refractivity contribution in [2.24, 2.45) is 0 Å². The Morgan fingerprint density at radius 1 is 1.21 bits per heavy atom. The van der Waals surface area contributed by atoms with Gasteiger partial charge in [-0.3, -0.25) is 9.48 Å². The summed E-state index contributed by atoms with van der Waals surface area (Å²) in [4.78, 5) is 13.1. The van der Waals surface area contributed by atoms with Gasteiger partial charge in [0, 0.05) is 23.2 Å². The van der Waals surface area contributed by atoms with E-state index in [-0.39, 0.29) is 24.9 Å². The van der Waals surface area contributed by atoms with Crippen molar-refractivity contribution in [1.82, 2.24) is 15.1 Å². The van der Waals surface area contributed by atoms with Gasteiger partial charge in [-0.25, -0.2) is 0 Å². The van der Waals surface area contributed by atoms with Crippen LogP contribution in [0.1, 0.15) is 61.4 Å². The molecule has 2 fully saturated rings. The molecule has 2 saturated carbocycles. The van der Waals surface area contributed by atoms with Crippen molar-refractivity contribution in [2.75, 3.05) is 6.54 Å². The molecule has 1 aromatic heterocycles. The lowest BCUT2D eigenvalue weighted by Crippen LogP contribution is -2.43. The summed E-state index contributed by atoms with van der Waals surface area (Å²) in [5.41, 5.74) is 0.0959. The summed E-state index contributed by atoms with van der Waals surface area (Å²) >= 11 is 5.98. The summed E-state index contributed by atoms with van der Waals surface area (Å²) < 4.78 is 40.5. The predicted molar refractivity (Wildman–Crippen MR) is 104 cm³/mol. The van der Waals surface area contributed by atoms with Crippen molar-refractivity contribution < 1.29 is 18.0 Å². The number of benzene rings is 1. The molecule has 156 valence electrons. The van der Waals surface area contributed by atoms with Crippen LogP contribution in [0.15, 0.2) is 30.3 Å². The average Bonchev–Trinajstić information content (AvgIpc) is 3.22. The lowest BCUT2D eigenvalue weighted by molar-refractivity contribution is -0.141. The van der Waals surface area contributed by atoms with Gasteiger partial charge < -0.3 is 5.32 Å². The third kappa shape index (κ3) is 4.15. The molecule has 0 unspecified atom stereocenters. The quantitative estimate of drug-likeness (QED) is 0.703. The number of amides is 1. The monoisotopic (exact) mass is 425 g/mol. The van der Waals surface area contributed by atoms with E-state index in [1.807, 2.05) is 12.1 Å². The van der Waals surface area contributed by atoms with Gasteiger partial charge in [-0.15, -0.1) is 0 Å². The molecule has 0 atom stereocenters. The van der Waals surface area contributed by atoms with Gasteiger partial charge in [0.25, 0.3) is 0 Å². The molecule has 2 aliphatic rings. The van der Waals surface area contributed by atoms with Crippen LogP contribution in [0.2, 0.25) is 5.02 Å². The zero-order chi connectivity index (χ0) is 20.6. The van der Waals surface area contributed by atoms with Crippen LogP contribution in [0.25, 0.3) is 0 Å². The van der Waals surface area contributed by atoms with Gasteiger partial charge in [0.15, 0.2) is 5.69 Å². The summed E-state index contributed by atoms with van der Waals surface area (Å²) in [5.74, 6) is 0.0676. The fraction of sp³-hybridized carbons (Fsp3) is 0.524. The molecule has 0 saturated heterocycles. The SMILES string of the molecule is O=C(NCCn1nc(C(F)(F)F)cc1C1CC1)C1(c2ccc(Cl)cc2)CCCC1. The third-order valence-electron chi connectivity index (χ3n) is 5.99. The second-order valence-corrected chi connectivity index (χ2v) is 8.44. The summed E-state index contributed by atoms with van der Waals surface area (Å²) in [7, 11) is 0. The number of alkyl halides is 3. The highest BCUT2D eigenvalue weighted by Crippen LogP contribution is 2.43. The van der Waals surface area contributed by atoms with E-state index in [1.54, 1.807) is 12.1 Å². The van der Waals surface area contributed by atoms with Crippen LogP contribution in [-0.2, 0) is 22.9 Å². The molecule has 2 aliphatic carbocycles. The minimum absolute atomic E-state index is 0.0755. The van der Waals surface area contributed by atoms with Gasteiger partial charge in [-0.2, -0.15) is 18.3 Å². The van der Waals surface area contributed by atoms with Crippen molar-refractivity contribution in [3.63, 3.8) is 0 Å². The van der Waals surface area contributed by atoms with Gasteiger partial charge in [0.1, 0.15) is 0 Å². The van der Waals surface area contributed by atoms with E-state index in [1.165, 1.54) is 4.68 Å². The summed E-state index contributed by atoms with van der Waals surface area (Å²) in [5, 5.41) is 7.32. The number of carbonyl (C=O) groups excluding carboxylic acids is 1. The maximum atomic E-state index is 13.1. The van der Waals surface area contributed by atoms with Crippen molar-refractivity contribution in [1.29, 1.82) is 0 Å². The Labute approximate surface area is 172 Å². The zero-order valence-corrected chi connectivity index (χ0v) is 16.7. The fourth-order valence-electron chi connectivity index (χ4n) is 4.30. The van der Waals surface area contributed by atoms with E-state index >= 15 is 0 Å². The molecular formula is C21H23ClF3N3O. The standard InChI is InChI=1S/C21H23ClF3N3O/c22-16-7-5-15(6-8-16)20(9-1-2-10-20)19(29)26-11-12-28-17(14-3-4-14)13-18(27-28)21(23,24)25/h5-8,13-14H,1-4,9-12H2,(H,26,29). The first kappa shape index (κ1) is 20.3. The minimum atomic E-state index is -4.46. The highest BCUT2D eigenvalue weighted by molar-refractivity contribution is 6.30. The Bertz CT molecular complexity index is 882. The molecule has 29 heavy (non-hydrogen) atoms. The highest BCUT2D eigenvalue weighted by Gasteiger charge is 2.42. The Hall–Kier alpha value is -2.02. The molecular weight excluding hydrogens is 403 g/mol. The number of rotatable bonds is 6. The number of nitrogens with zero attached hydrogens (tertiary/aromatic N) is 2. The number of aromatic nitrogens is 2. The lowest BCUT2D eigenvalue weighted by Gasteiger charge is -2.28. The molecule has 2 aromatic rings. The molecule has 0 bridgehead atoms. The number of carbonyl (C=O) groups is 1. The maximum Gasteiger partial charge on any atom is 0.435 e. The van der Waals surface area contributed by atoms with Crippen LogP contribution >= 0.6 is 11.6 Å². The van der Waals surface area contributed by atoms with Gasteiger partial charge >= 0.3 is 6.18 Å². The first-order chi connectivity index (χ1) is 13.8. The molecule has 1 heterocycles. The fourth-order valence-corrected chi connectivity index (χ4v) is 4.42. The van der Waals surface area contributed by atoms with Crippen LogP contribution in [0, 0.1) is 0 Å². The number of hydrogen-bond donors (Lipinski definition) is 1. The van der Waals surface area contributed by atoms with Crippen LogP contribution < -0.4 is 5.32 Å². The number of hydrogen-bond acceptors (Lipinski definition) is 2. The normalized spacial score (nSPS) is 18.8. The highest BCUT2D eigenvalue weighted by atomic mass is 35.5. The first-order valence-corrected chi connectivity index (χ1v) is 10.4. The molecule has 0 aliphatic heterocycles. The van der Waals surface area contributed by atoms with Crippen LogP contribution in [0.4, 0.5) is 13.2 Å². The molecule has 1 aromatic carbocycles. The topological polar surface area (TPSA) is 46.9 Å².